The van der Waals surface area contributed by atoms with Gasteiger partial charge in [0.2, 0.25) is 0 Å². The van der Waals surface area contributed by atoms with Gasteiger partial charge in [-0.1, -0.05) is 18.2 Å². The van der Waals surface area contributed by atoms with Crippen LogP contribution in [0.3, 0.4) is 0 Å². The largest absolute Gasteiger partial charge is 0.338 e. The van der Waals surface area contributed by atoms with Crippen LogP contribution in [-0.4, -0.2) is 38.5 Å². The molecule has 6 heteroatoms. The third-order valence-electron chi connectivity index (χ3n) is 4.52. The molecule has 0 spiro atoms. The highest BCUT2D eigenvalue weighted by Crippen LogP contribution is 2.28. The summed E-state index contributed by atoms with van der Waals surface area (Å²) in [5, 5.41) is 8.61. The molecule has 5 nitrogen and oxygen atoms in total. The predicted octanol–water partition coefficient (Wildman–Crippen LogP) is 3.51. The van der Waals surface area contributed by atoms with E-state index in [4.69, 9.17) is 0 Å². The maximum Gasteiger partial charge on any atom is 0.255 e. The molecule has 1 amide bonds. The second kappa shape index (κ2) is 6.36. The van der Waals surface area contributed by atoms with Gasteiger partial charge in [0, 0.05) is 29.7 Å². The van der Waals surface area contributed by atoms with E-state index >= 15 is 0 Å². The summed E-state index contributed by atoms with van der Waals surface area (Å²) >= 11 is 3.48. The lowest BCUT2D eigenvalue weighted by Crippen LogP contribution is -2.39. The Morgan fingerprint density at radius 3 is 2.83 bits per heavy atom. The first-order chi connectivity index (χ1) is 11.7. The lowest BCUT2D eigenvalue weighted by atomic mass is 9.96. The molecule has 122 valence electrons. The van der Waals surface area contributed by atoms with E-state index in [0.717, 1.165) is 35.3 Å². The molecule has 1 saturated heterocycles. The van der Waals surface area contributed by atoms with Crippen molar-refractivity contribution in [2.75, 3.05) is 13.1 Å². The fraction of sp³-hybridized carbons (Fsp3) is 0.278. The highest BCUT2D eigenvalue weighted by Gasteiger charge is 2.28. The maximum atomic E-state index is 12.9. The van der Waals surface area contributed by atoms with Gasteiger partial charge in [-0.15, -0.1) is 10.2 Å². The van der Waals surface area contributed by atoms with E-state index in [2.05, 4.69) is 26.1 Å². The quantitative estimate of drug-likeness (QED) is 0.679. The molecule has 0 saturated carbocycles. The van der Waals surface area contributed by atoms with Gasteiger partial charge in [-0.05, 0) is 53.0 Å². The molecule has 0 bridgehead atoms. The molecular weight excluding hydrogens is 368 g/mol. The number of carbonyl (C=O) groups is 1. The Hall–Kier alpha value is -2.21. The summed E-state index contributed by atoms with van der Waals surface area (Å²) in [6.07, 6.45) is 3.98. The average Bonchev–Trinajstić information content (AvgIpc) is 3.06. The van der Waals surface area contributed by atoms with Crippen LogP contribution in [0.5, 0.6) is 0 Å². The Kier molecular flexibility index (Phi) is 4.06. The summed E-state index contributed by atoms with van der Waals surface area (Å²) in [5.74, 6) is 1.22. The Bertz CT molecular complexity index is 891. The molecule has 3 heterocycles. The summed E-state index contributed by atoms with van der Waals surface area (Å²) in [5.41, 5.74) is 1.56. The third kappa shape index (κ3) is 2.71. The topological polar surface area (TPSA) is 50.5 Å². The minimum atomic E-state index is 0.0704. The zero-order valence-corrected chi connectivity index (χ0v) is 14.7. The standard InChI is InChI=1S/C18H17BrN4O/c19-15-8-2-1-7-14(15)18(24)22-10-5-6-13(12-22)17-21-20-16-9-3-4-11-23(16)17/h1-4,7-9,11,13H,5-6,10,12H2/t13-/m0/s1. The van der Waals surface area contributed by atoms with E-state index in [1.165, 1.54) is 0 Å². The first kappa shape index (κ1) is 15.3. The number of nitrogens with zero attached hydrogens (tertiary/aromatic N) is 4. The number of likely N-dealkylation sites (tertiary alicyclic amines) is 1. The van der Waals surface area contributed by atoms with Crippen LogP contribution < -0.4 is 0 Å². The van der Waals surface area contributed by atoms with E-state index in [1.54, 1.807) is 0 Å². The van der Waals surface area contributed by atoms with E-state index in [0.29, 0.717) is 12.1 Å². The SMILES string of the molecule is O=C(c1ccccc1Br)N1CCC[C@H](c2nnc3ccccn23)C1. The minimum absolute atomic E-state index is 0.0704. The number of amides is 1. The highest BCUT2D eigenvalue weighted by molar-refractivity contribution is 9.10. The summed E-state index contributed by atoms with van der Waals surface area (Å²) in [6.45, 7) is 1.46. The van der Waals surface area contributed by atoms with Crippen molar-refractivity contribution in [3.05, 3.63) is 64.5 Å². The van der Waals surface area contributed by atoms with Crippen molar-refractivity contribution in [1.82, 2.24) is 19.5 Å². The van der Waals surface area contributed by atoms with Crippen LogP contribution >= 0.6 is 15.9 Å². The molecular formula is C18H17BrN4O. The number of pyridine rings is 1. The summed E-state index contributed by atoms with van der Waals surface area (Å²) < 4.78 is 2.86. The fourth-order valence-electron chi connectivity index (χ4n) is 3.32. The number of fused-ring (bicyclic) bond motifs is 1. The molecule has 2 aromatic heterocycles. The van der Waals surface area contributed by atoms with Gasteiger partial charge in [0.05, 0.1) is 5.56 Å². The smallest absolute Gasteiger partial charge is 0.255 e. The van der Waals surface area contributed by atoms with Crippen LogP contribution in [0.4, 0.5) is 0 Å². The van der Waals surface area contributed by atoms with E-state index in [9.17, 15) is 4.79 Å². The van der Waals surface area contributed by atoms with Crippen molar-refractivity contribution in [3.8, 4) is 0 Å². The number of rotatable bonds is 2. The van der Waals surface area contributed by atoms with Crippen molar-refractivity contribution in [2.45, 2.75) is 18.8 Å². The van der Waals surface area contributed by atoms with Crippen LogP contribution in [-0.2, 0) is 0 Å². The summed E-state index contributed by atoms with van der Waals surface area (Å²) in [6, 6.07) is 13.5. The van der Waals surface area contributed by atoms with Crippen molar-refractivity contribution >= 4 is 27.5 Å². The number of carbonyl (C=O) groups excluding carboxylic acids is 1. The van der Waals surface area contributed by atoms with Crippen LogP contribution in [0.25, 0.3) is 5.65 Å². The number of hydrogen-bond donors (Lipinski definition) is 0. The lowest BCUT2D eigenvalue weighted by molar-refractivity contribution is 0.0703. The number of benzene rings is 1. The predicted molar refractivity (Wildman–Crippen MR) is 95.0 cm³/mol. The number of piperidine rings is 1. The van der Waals surface area contributed by atoms with Gasteiger partial charge in [0.1, 0.15) is 5.82 Å². The molecule has 1 fully saturated rings. The number of hydrogen-bond acceptors (Lipinski definition) is 3. The molecule has 0 unspecified atom stereocenters. The Labute approximate surface area is 148 Å². The zero-order valence-electron chi connectivity index (χ0n) is 13.1. The highest BCUT2D eigenvalue weighted by atomic mass is 79.9. The second-order valence-electron chi connectivity index (χ2n) is 6.06. The molecule has 0 radical (unpaired) electrons. The van der Waals surface area contributed by atoms with Crippen LogP contribution in [0.15, 0.2) is 53.1 Å². The van der Waals surface area contributed by atoms with Crippen LogP contribution in [0.1, 0.15) is 34.9 Å². The van der Waals surface area contributed by atoms with Crippen molar-refractivity contribution in [2.24, 2.45) is 0 Å². The molecule has 3 aromatic rings. The zero-order chi connectivity index (χ0) is 16.5. The van der Waals surface area contributed by atoms with E-state index < -0.39 is 0 Å². The minimum Gasteiger partial charge on any atom is -0.338 e. The van der Waals surface area contributed by atoms with Gasteiger partial charge in [-0.25, -0.2) is 0 Å². The molecule has 1 aliphatic heterocycles. The molecule has 1 aliphatic rings. The first-order valence-electron chi connectivity index (χ1n) is 8.07. The second-order valence-corrected chi connectivity index (χ2v) is 6.91. The van der Waals surface area contributed by atoms with Crippen molar-refractivity contribution in [1.29, 1.82) is 0 Å². The Balaban J connectivity index is 1.60. The monoisotopic (exact) mass is 384 g/mol. The first-order valence-corrected chi connectivity index (χ1v) is 8.87. The molecule has 0 aliphatic carbocycles. The van der Waals surface area contributed by atoms with Crippen molar-refractivity contribution < 1.29 is 4.79 Å². The van der Waals surface area contributed by atoms with Crippen LogP contribution in [0, 0.1) is 0 Å². The molecule has 1 aromatic carbocycles. The Morgan fingerprint density at radius 2 is 1.96 bits per heavy atom. The van der Waals surface area contributed by atoms with Gasteiger partial charge in [-0.2, -0.15) is 0 Å². The molecule has 0 N–H and O–H groups in total. The summed E-state index contributed by atoms with van der Waals surface area (Å²) in [7, 11) is 0. The summed E-state index contributed by atoms with van der Waals surface area (Å²) in [4.78, 5) is 14.8. The van der Waals surface area contributed by atoms with Gasteiger partial charge in [0.15, 0.2) is 5.65 Å². The van der Waals surface area contributed by atoms with Gasteiger partial charge in [0.25, 0.3) is 5.91 Å². The number of aromatic nitrogens is 3. The maximum absolute atomic E-state index is 12.9. The fourth-order valence-corrected chi connectivity index (χ4v) is 3.77. The number of halogens is 1. The van der Waals surface area contributed by atoms with Gasteiger partial charge < -0.3 is 4.90 Å². The third-order valence-corrected chi connectivity index (χ3v) is 5.21. The Morgan fingerprint density at radius 1 is 1.12 bits per heavy atom. The molecule has 4 rings (SSSR count). The average molecular weight is 385 g/mol. The van der Waals surface area contributed by atoms with Gasteiger partial charge in [-0.3, -0.25) is 9.20 Å². The van der Waals surface area contributed by atoms with E-state index in [1.807, 2.05) is 58.0 Å². The van der Waals surface area contributed by atoms with Gasteiger partial charge >= 0.3 is 0 Å². The molecule has 24 heavy (non-hydrogen) atoms. The lowest BCUT2D eigenvalue weighted by Gasteiger charge is -2.32. The van der Waals surface area contributed by atoms with Crippen LogP contribution in [0.2, 0.25) is 0 Å². The van der Waals surface area contributed by atoms with E-state index in [-0.39, 0.29) is 11.8 Å². The van der Waals surface area contributed by atoms with Crippen molar-refractivity contribution in [3.63, 3.8) is 0 Å². The normalized spacial score (nSPS) is 18.0. The molecule has 1 atom stereocenters.